The van der Waals surface area contributed by atoms with Gasteiger partial charge in [0.1, 0.15) is 0 Å². The Labute approximate surface area is 93.5 Å². The summed E-state index contributed by atoms with van der Waals surface area (Å²) in [4.78, 5) is 0. The highest BCUT2D eigenvalue weighted by molar-refractivity contribution is 4.70. The molecule has 1 saturated carbocycles. The van der Waals surface area contributed by atoms with Crippen molar-refractivity contribution in [1.29, 1.82) is 0 Å². The lowest BCUT2D eigenvalue weighted by Gasteiger charge is -2.25. The third kappa shape index (κ3) is 7.77. The monoisotopic (exact) mass is 218 g/mol. The van der Waals surface area contributed by atoms with Crippen LogP contribution in [-0.2, 0) is 4.74 Å². The molecule has 0 saturated heterocycles. The van der Waals surface area contributed by atoms with Gasteiger partial charge in [-0.3, -0.25) is 0 Å². The van der Waals surface area contributed by atoms with Crippen LogP contribution in [0.1, 0.15) is 39.5 Å². The molecule has 0 heterocycles. The van der Waals surface area contributed by atoms with Crippen LogP contribution in [0.4, 0.5) is 0 Å². The molecule has 1 fully saturated rings. The molecule has 2 N–H and O–H groups in total. The summed E-state index contributed by atoms with van der Waals surface area (Å²) in [5, 5.41) is 17.6. The average Bonchev–Trinajstić information content (AvgIpc) is 2.31. The molecule has 0 radical (unpaired) electrons. The Morgan fingerprint density at radius 2 is 1.20 bits per heavy atom. The Morgan fingerprint density at radius 3 is 1.33 bits per heavy atom. The zero-order valence-corrected chi connectivity index (χ0v) is 10.1. The van der Waals surface area contributed by atoms with E-state index in [0.29, 0.717) is 25.0 Å². The molecule has 1 aliphatic rings. The van der Waals surface area contributed by atoms with E-state index >= 15 is 0 Å². The summed E-state index contributed by atoms with van der Waals surface area (Å²) in [7, 11) is 0. The van der Waals surface area contributed by atoms with Crippen molar-refractivity contribution in [2.45, 2.75) is 39.5 Å². The second-order valence-electron chi connectivity index (χ2n) is 4.03. The van der Waals surface area contributed by atoms with Crippen LogP contribution in [0, 0.1) is 11.8 Å². The summed E-state index contributed by atoms with van der Waals surface area (Å²) < 4.78 is 4.83. The molecule has 0 bridgehead atoms. The van der Waals surface area contributed by atoms with Crippen LogP contribution in [0.15, 0.2) is 0 Å². The van der Waals surface area contributed by atoms with Gasteiger partial charge in [0.2, 0.25) is 0 Å². The molecule has 0 atom stereocenters. The van der Waals surface area contributed by atoms with Crippen LogP contribution in [0.25, 0.3) is 0 Å². The number of rotatable bonds is 4. The van der Waals surface area contributed by atoms with E-state index in [1.165, 1.54) is 0 Å². The zero-order chi connectivity index (χ0) is 11.5. The highest BCUT2D eigenvalue weighted by Crippen LogP contribution is 2.27. The number of aliphatic hydroxyl groups is 2. The Hall–Kier alpha value is -0.120. The van der Waals surface area contributed by atoms with Gasteiger partial charge in [0, 0.05) is 26.4 Å². The van der Waals surface area contributed by atoms with Crippen molar-refractivity contribution in [2.75, 3.05) is 26.4 Å². The summed E-state index contributed by atoms with van der Waals surface area (Å²) in [6, 6.07) is 0. The molecule has 0 aromatic rings. The van der Waals surface area contributed by atoms with Crippen LogP contribution in [-0.4, -0.2) is 36.6 Å². The molecular formula is C12H26O3. The molecule has 0 aliphatic heterocycles. The minimum atomic E-state index is 0.331. The highest BCUT2D eigenvalue weighted by Gasteiger charge is 2.19. The molecule has 92 valence electrons. The largest absolute Gasteiger partial charge is 0.396 e. The lowest BCUT2D eigenvalue weighted by molar-refractivity contribution is 0.131. The fourth-order valence-electron chi connectivity index (χ4n) is 1.80. The third-order valence-electron chi connectivity index (χ3n) is 2.89. The van der Waals surface area contributed by atoms with Gasteiger partial charge in [-0.1, -0.05) is 0 Å². The summed E-state index contributed by atoms with van der Waals surface area (Å²) >= 11 is 0. The van der Waals surface area contributed by atoms with Crippen molar-refractivity contribution in [3.8, 4) is 0 Å². The normalized spacial score (nSPS) is 25.6. The SMILES string of the molecule is CCOCC.OC[C@H]1CC[C@H](CO)CC1. The first-order valence-corrected chi connectivity index (χ1v) is 6.07. The Kier molecular flexibility index (Phi) is 10.3. The van der Waals surface area contributed by atoms with Gasteiger partial charge in [-0.2, -0.15) is 0 Å². The number of ether oxygens (including phenoxy) is 1. The van der Waals surface area contributed by atoms with Crippen LogP contribution >= 0.6 is 0 Å². The van der Waals surface area contributed by atoms with E-state index < -0.39 is 0 Å². The van der Waals surface area contributed by atoms with Gasteiger partial charge in [0.05, 0.1) is 0 Å². The molecule has 0 spiro atoms. The van der Waals surface area contributed by atoms with Crippen molar-refractivity contribution in [1.82, 2.24) is 0 Å². The van der Waals surface area contributed by atoms with Crippen molar-refractivity contribution >= 4 is 0 Å². The molecule has 0 aromatic heterocycles. The van der Waals surface area contributed by atoms with Crippen molar-refractivity contribution in [3.05, 3.63) is 0 Å². The van der Waals surface area contributed by atoms with E-state index in [-0.39, 0.29) is 0 Å². The molecule has 0 unspecified atom stereocenters. The van der Waals surface area contributed by atoms with Crippen molar-refractivity contribution in [2.24, 2.45) is 11.8 Å². The zero-order valence-electron chi connectivity index (χ0n) is 10.1. The Bertz CT molecular complexity index is 106. The first kappa shape index (κ1) is 14.9. The standard InChI is InChI=1S/C8H16O2.C4H10O/c9-5-7-1-2-8(6-10)4-3-7;1-3-5-4-2/h7-10H,1-6H2;3-4H2,1-2H3/t7-,8-;. The second-order valence-corrected chi connectivity index (χ2v) is 4.03. The lowest BCUT2D eigenvalue weighted by Crippen LogP contribution is -2.19. The maximum Gasteiger partial charge on any atom is 0.0459 e. The maximum atomic E-state index is 8.79. The van der Waals surface area contributed by atoms with Gasteiger partial charge in [-0.15, -0.1) is 0 Å². The molecule has 3 heteroatoms. The van der Waals surface area contributed by atoms with Gasteiger partial charge in [-0.05, 0) is 51.4 Å². The fraction of sp³-hybridized carbons (Fsp3) is 1.00. The predicted molar refractivity (Wildman–Crippen MR) is 61.8 cm³/mol. The summed E-state index contributed by atoms with van der Waals surface area (Å²) in [5.41, 5.74) is 0. The quantitative estimate of drug-likeness (QED) is 0.756. The number of hydrogen-bond acceptors (Lipinski definition) is 3. The second kappa shape index (κ2) is 10.4. The van der Waals surface area contributed by atoms with Crippen molar-refractivity contribution < 1.29 is 14.9 Å². The molecule has 0 amide bonds. The first-order chi connectivity index (χ1) is 7.28. The number of aliphatic hydroxyl groups excluding tert-OH is 2. The smallest absolute Gasteiger partial charge is 0.0459 e. The van der Waals surface area contributed by atoms with Gasteiger partial charge >= 0.3 is 0 Å². The van der Waals surface area contributed by atoms with Crippen LogP contribution in [0.3, 0.4) is 0 Å². The minimum Gasteiger partial charge on any atom is -0.396 e. The molecule has 1 rings (SSSR count). The minimum absolute atomic E-state index is 0.331. The molecule has 15 heavy (non-hydrogen) atoms. The fourth-order valence-corrected chi connectivity index (χ4v) is 1.80. The van der Waals surface area contributed by atoms with E-state index in [4.69, 9.17) is 14.9 Å². The maximum absolute atomic E-state index is 8.79. The van der Waals surface area contributed by atoms with Crippen LogP contribution in [0.2, 0.25) is 0 Å². The van der Waals surface area contributed by atoms with Crippen LogP contribution in [0.5, 0.6) is 0 Å². The third-order valence-corrected chi connectivity index (χ3v) is 2.89. The first-order valence-electron chi connectivity index (χ1n) is 6.07. The Balaban J connectivity index is 0.000000336. The van der Waals surface area contributed by atoms with Gasteiger partial charge in [0.15, 0.2) is 0 Å². The molecule has 1 aliphatic carbocycles. The Morgan fingerprint density at radius 1 is 0.867 bits per heavy atom. The predicted octanol–water partition coefficient (Wildman–Crippen LogP) is 1.82. The van der Waals surface area contributed by atoms with Crippen LogP contribution < -0.4 is 0 Å². The van der Waals surface area contributed by atoms with E-state index in [0.717, 1.165) is 38.9 Å². The topological polar surface area (TPSA) is 49.7 Å². The van der Waals surface area contributed by atoms with Gasteiger partial charge in [0.25, 0.3) is 0 Å². The molecule has 3 nitrogen and oxygen atoms in total. The van der Waals surface area contributed by atoms with Crippen molar-refractivity contribution in [3.63, 3.8) is 0 Å². The lowest BCUT2D eigenvalue weighted by atomic mass is 9.83. The summed E-state index contributed by atoms with van der Waals surface area (Å²) in [5.74, 6) is 1.03. The highest BCUT2D eigenvalue weighted by atomic mass is 16.5. The summed E-state index contributed by atoms with van der Waals surface area (Å²) in [6.07, 6.45) is 4.40. The van der Waals surface area contributed by atoms with E-state index in [9.17, 15) is 0 Å². The van der Waals surface area contributed by atoms with Gasteiger partial charge < -0.3 is 14.9 Å². The van der Waals surface area contributed by atoms with E-state index in [1.807, 2.05) is 13.8 Å². The summed E-state index contributed by atoms with van der Waals surface area (Å²) in [6.45, 7) is 6.33. The van der Waals surface area contributed by atoms with Gasteiger partial charge in [-0.25, -0.2) is 0 Å². The average molecular weight is 218 g/mol. The number of hydrogen-bond donors (Lipinski definition) is 2. The molecule has 0 aromatic carbocycles. The van der Waals surface area contributed by atoms with E-state index in [2.05, 4.69) is 0 Å². The van der Waals surface area contributed by atoms with E-state index in [1.54, 1.807) is 0 Å². The molecular weight excluding hydrogens is 192 g/mol.